The third-order valence-corrected chi connectivity index (χ3v) is 2.81. The number of nitrogens with one attached hydrogen (secondary N) is 1. The predicted octanol–water partition coefficient (Wildman–Crippen LogP) is 3.07. The summed E-state index contributed by atoms with van der Waals surface area (Å²) in [6, 6.07) is 6.24. The van der Waals surface area contributed by atoms with Crippen LogP contribution in [0.15, 0.2) is 18.2 Å². The summed E-state index contributed by atoms with van der Waals surface area (Å²) >= 11 is 0. The smallest absolute Gasteiger partial charge is 0.123 e. The number of hydrogen-bond donors (Lipinski definition) is 2. The maximum atomic E-state index is 7.34. The van der Waals surface area contributed by atoms with Crippen LogP contribution < -0.4 is 10.5 Å². The summed E-state index contributed by atoms with van der Waals surface area (Å²) in [6.45, 7) is 8.69. The molecule has 0 radical (unpaired) electrons. The van der Waals surface area contributed by atoms with Crippen LogP contribution in [0.4, 0.5) is 0 Å². The molecular formula is C14H22N2O. The van der Waals surface area contributed by atoms with Gasteiger partial charge in [0.2, 0.25) is 0 Å². The average Bonchev–Trinajstić information content (AvgIpc) is 2.25. The topological polar surface area (TPSA) is 59.1 Å². The van der Waals surface area contributed by atoms with Gasteiger partial charge in [-0.05, 0) is 30.0 Å². The van der Waals surface area contributed by atoms with Crippen molar-refractivity contribution in [3.05, 3.63) is 29.3 Å². The lowest BCUT2D eigenvalue weighted by Gasteiger charge is -2.17. The lowest BCUT2D eigenvalue weighted by Crippen LogP contribution is -2.25. The third-order valence-electron chi connectivity index (χ3n) is 2.81. The quantitative estimate of drug-likeness (QED) is 0.607. The molecule has 3 heteroatoms. The Morgan fingerprint density at radius 3 is 2.53 bits per heavy atom. The van der Waals surface area contributed by atoms with Gasteiger partial charge in [0.1, 0.15) is 5.75 Å². The van der Waals surface area contributed by atoms with Gasteiger partial charge in [-0.2, -0.15) is 0 Å². The zero-order valence-electron chi connectivity index (χ0n) is 11.1. The fourth-order valence-corrected chi connectivity index (χ4v) is 1.55. The Morgan fingerprint density at radius 2 is 2.00 bits per heavy atom. The number of aryl methyl sites for hydroxylation is 1. The summed E-state index contributed by atoms with van der Waals surface area (Å²) in [6.07, 6.45) is 0. The fourth-order valence-electron chi connectivity index (χ4n) is 1.55. The first-order valence-electron chi connectivity index (χ1n) is 5.99. The van der Waals surface area contributed by atoms with Crippen molar-refractivity contribution >= 4 is 5.84 Å². The van der Waals surface area contributed by atoms with E-state index in [4.69, 9.17) is 15.9 Å². The molecule has 0 aliphatic rings. The SMILES string of the molecule is Cc1ccc(C(C)C)c(OCC(C)C(=N)N)c1. The fraction of sp³-hybridized carbons (Fsp3) is 0.500. The van der Waals surface area contributed by atoms with Gasteiger partial charge in [-0.1, -0.05) is 32.9 Å². The van der Waals surface area contributed by atoms with Crippen LogP contribution in [0.1, 0.15) is 37.8 Å². The lowest BCUT2D eigenvalue weighted by atomic mass is 10.0. The van der Waals surface area contributed by atoms with Gasteiger partial charge in [-0.15, -0.1) is 0 Å². The second-order valence-electron chi connectivity index (χ2n) is 4.86. The molecule has 17 heavy (non-hydrogen) atoms. The second-order valence-corrected chi connectivity index (χ2v) is 4.86. The Kier molecular flexibility index (Phi) is 4.55. The minimum absolute atomic E-state index is 0.0458. The van der Waals surface area contributed by atoms with Crippen LogP contribution >= 0.6 is 0 Å². The summed E-state index contributed by atoms with van der Waals surface area (Å²) in [5.74, 6) is 1.46. The van der Waals surface area contributed by atoms with Crippen LogP contribution in [0.2, 0.25) is 0 Å². The van der Waals surface area contributed by atoms with Gasteiger partial charge in [-0.25, -0.2) is 0 Å². The molecule has 0 bridgehead atoms. The first kappa shape index (κ1) is 13.6. The van der Waals surface area contributed by atoms with E-state index in [0.29, 0.717) is 12.5 Å². The van der Waals surface area contributed by atoms with Gasteiger partial charge in [0.05, 0.1) is 12.4 Å². The van der Waals surface area contributed by atoms with Crippen LogP contribution in [-0.4, -0.2) is 12.4 Å². The van der Waals surface area contributed by atoms with Crippen LogP contribution in [-0.2, 0) is 0 Å². The molecule has 0 aliphatic heterocycles. The highest BCUT2D eigenvalue weighted by Gasteiger charge is 2.11. The highest BCUT2D eigenvalue weighted by Crippen LogP contribution is 2.27. The molecule has 0 aromatic heterocycles. The molecule has 0 saturated carbocycles. The number of hydrogen-bond acceptors (Lipinski definition) is 2. The molecule has 1 aromatic rings. The molecule has 1 rings (SSSR count). The molecule has 94 valence electrons. The Bertz CT molecular complexity index is 399. The highest BCUT2D eigenvalue weighted by molar-refractivity contribution is 5.79. The van der Waals surface area contributed by atoms with E-state index in [9.17, 15) is 0 Å². The van der Waals surface area contributed by atoms with E-state index in [-0.39, 0.29) is 11.8 Å². The number of rotatable bonds is 5. The van der Waals surface area contributed by atoms with Crippen molar-refractivity contribution in [2.75, 3.05) is 6.61 Å². The van der Waals surface area contributed by atoms with E-state index >= 15 is 0 Å². The average molecular weight is 234 g/mol. The van der Waals surface area contributed by atoms with Gasteiger partial charge in [0.15, 0.2) is 0 Å². The number of ether oxygens (including phenoxy) is 1. The zero-order valence-corrected chi connectivity index (χ0v) is 11.1. The minimum atomic E-state index is -0.0458. The van der Waals surface area contributed by atoms with Crippen molar-refractivity contribution in [2.45, 2.75) is 33.6 Å². The monoisotopic (exact) mass is 234 g/mol. The molecule has 3 nitrogen and oxygen atoms in total. The lowest BCUT2D eigenvalue weighted by molar-refractivity contribution is 0.288. The third kappa shape index (κ3) is 3.77. The molecule has 0 aliphatic carbocycles. The van der Waals surface area contributed by atoms with Gasteiger partial charge in [-0.3, -0.25) is 5.41 Å². The van der Waals surface area contributed by atoms with Crippen molar-refractivity contribution in [3.8, 4) is 5.75 Å². The molecule has 1 aromatic carbocycles. The Hall–Kier alpha value is -1.51. The van der Waals surface area contributed by atoms with E-state index < -0.39 is 0 Å². The standard InChI is InChI=1S/C14H22N2O/c1-9(2)12-6-5-10(3)7-13(12)17-8-11(4)14(15)16/h5-7,9,11H,8H2,1-4H3,(H3,15,16). The van der Waals surface area contributed by atoms with E-state index in [2.05, 4.69) is 26.0 Å². The number of benzene rings is 1. The summed E-state index contributed by atoms with van der Waals surface area (Å²) < 4.78 is 5.78. The molecule has 0 saturated heterocycles. The van der Waals surface area contributed by atoms with Gasteiger partial charge >= 0.3 is 0 Å². The van der Waals surface area contributed by atoms with Crippen molar-refractivity contribution in [3.63, 3.8) is 0 Å². The minimum Gasteiger partial charge on any atom is -0.493 e. The van der Waals surface area contributed by atoms with Gasteiger partial charge in [0.25, 0.3) is 0 Å². The Labute approximate surface area is 103 Å². The maximum absolute atomic E-state index is 7.34. The summed E-state index contributed by atoms with van der Waals surface area (Å²) in [4.78, 5) is 0. The molecule has 0 spiro atoms. The van der Waals surface area contributed by atoms with Crippen LogP contribution in [0.5, 0.6) is 5.75 Å². The van der Waals surface area contributed by atoms with E-state index in [1.165, 1.54) is 11.1 Å². The normalized spacial score (nSPS) is 12.5. The molecular weight excluding hydrogens is 212 g/mol. The first-order chi connectivity index (χ1) is 7.91. The predicted molar refractivity (Wildman–Crippen MR) is 71.8 cm³/mol. The van der Waals surface area contributed by atoms with E-state index in [1.807, 2.05) is 19.9 Å². The summed E-state index contributed by atoms with van der Waals surface area (Å²) in [5, 5.41) is 7.34. The zero-order chi connectivity index (χ0) is 13.0. The van der Waals surface area contributed by atoms with Gasteiger partial charge in [0, 0.05) is 5.92 Å². The molecule has 1 atom stereocenters. The van der Waals surface area contributed by atoms with Crippen molar-refractivity contribution in [1.82, 2.24) is 0 Å². The molecule has 0 heterocycles. The highest BCUT2D eigenvalue weighted by atomic mass is 16.5. The van der Waals surface area contributed by atoms with Crippen molar-refractivity contribution in [2.24, 2.45) is 11.7 Å². The van der Waals surface area contributed by atoms with Crippen molar-refractivity contribution in [1.29, 1.82) is 5.41 Å². The number of nitrogens with two attached hydrogens (primary N) is 1. The van der Waals surface area contributed by atoms with Crippen molar-refractivity contribution < 1.29 is 4.74 Å². The van der Waals surface area contributed by atoms with Crippen LogP contribution in [0, 0.1) is 18.3 Å². The summed E-state index contributed by atoms with van der Waals surface area (Å²) in [7, 11) is 0. The molecule has 0 fully saturated rings. The largest absolute Gasteiger partial charge is 0.493 e. The van der Waals surface area contributed by atoms with E-state index in [1.54, 1.807) is 0 Å². The molecule has 3 N–H and O–H groups in total. The van der Waals surface area contributed by atoms with Crippen LogP contribution in [0.25, 0.3) is 0 Å². The first-order valence-corrected chi connectivity index (χ1v) is 5.99. The molecule has 0 amide bonds. The summed E-state index contributed by atoms with van der Waals surface area (Å²) in [5.41, 5.74) is 7.81. The maximum Gasteiger partial charge on any atom is 0.123 e. The molecule has 1 unspecified atom stereocenters. The number of amidine groups is 1. The van der Waals surface area contributed by atoms with E-state index in [0.717, 1.165) is 5.75 Å². The van der Waals surface area contributed by atoms with Crippen LogP contribution in [0.3, 0.4) is 0 Å². The second kappa shape index (κ2) is 5.71. The Morgan fingerprint density at radius 1 is 1.35 bits per heavy atom. The Balaban J connectivity index is 2.82. The van der Waals surface area contributed by atoms with Gasteiger partial charge < -0.3 is 10.5 Å².